The third kappa shape index (κ3) is 5.20. The molecule has 26 heavy (non-hydrogen) atoms. The molecule has 0 heterocycles. The van der Waals surface area contributed by atoms with Gasteiger partial charge in [0.1, 0.15) is 23.5 Å². The second kappa shape index (κ2) is 9.41. The van der Waals surface area contributed by atoms with E-state index >= 15 is 0 Å². The molecule has 0 radical (unpaired) electrons. The Bertz CT molecular complexity index is 906. The molecular weight excluding hydrogens is 394 g/mol. The number of ether oxygens (including phenoxy) is 1. The Hall–Kier alpha value is -3.09. The number of carbonyl (C=O) groups excluding carboxylic acids is 1. The van der Waals surface area contributed by atoms with Crippen molar-refractivity contribution in [3.8, 4) is 17.9 Å². The Kier molecular flexibility index (Phi) is 6.96. The van der Waals surface area contributed by atoms with E-state index in [9.17, 15) is 10.1 Å². The predicted molar refractivity (Wildman–Crippen MR) is 103 cm³/mol. The first-order chi connectivity index (χ1) is 12.6. The van der Waals surface area contributed by atoms with E-state index in [1.807, 2.05) is 36.4 Å². The van der Waals surface area contributed by atoms with E-state index in [0.29, 0.717) is 21.5 Å². The number of hydrogen-bond acceptors (Lipinski definition) is 4. The molecule has 1 N–H and O–H groups in total. The number of hydrogen-bond donors (Lipinski definition) is 1. The number of benzene rings is 2. The Morgan fingerprint density at radius 1 is 1.23 bits per heavy atom. The van der Waals surface area contributed by atoms with Gasteiger partial charge >= 0.3 is 0 Å². The fourth-order valence-electron chi connectivity index (χ4n) is 2.17. The average molecular weight is 410 g/mol. The molecule has 0 saturated carbocycles. The first-order valence-corrected chi connectivity index (χ1v) is 8.68. The molecule has 0 aliphatic carbocycles. The quantitative estimate of drug-likeness (QED) is 0.563. The SMILES string of the molecule is CCc1ccc(NC(=O)/C(C#N)=C/c2ccc(OCC#N)c(Br)c2)cc1. The molecule has 130 valence electrons. The highest BCUT2D eigenvalue weighted by molar-refractivity contribution is 9.10. The molecule has 2 aromatic rings. The smallest absolute Gasteiger partial charge is 0.266 e. The highest BCUT2D eigenvalue weighted by Crippen LogP contribution is 2.27. The van der Waals surface area contributed by atoms with Crippen molar-refractivity contribution < 1.29 is 9.53 Å². The van der Waals surface area contributed by atoms with Gasteiger partial charge in [0.2, 0.25) is 0 Å². The van der Waals surface area contributed by atoms with E-state index in [0.717, 1.165) is 6.42 Å². The van der Waals surface area contributed by atoms with Gasteiger partial charge in [-0.15, -0.1) is 0 Å². The zero-order chi connectivity index (χ0) is 18.9. The summed E-state index contributed by atoms with van der Waals surface area (Å²) >= 11 is 3.35. The normalized spacial score (nSPS) is 10.5. The molecule has 5 nitrogen and oxygen atoms in total. The summed E-state index contributed by atoms with van der Waals surface area (Å²) < 4.78 is 5.88. The summed E-state index contributed by atoms with van der Waals surface area (Å²) in [6.07, 6.45) is 2.41. The van der Waals surface area contributed by atoms with Crippen molar-refractivity contribution in [2.45, 2.75) is 13.3 Å². The number of carbonyl (C=O) groups is 1. The van der Waals surface area contributed by atoms with Crippen molar-refractivity contribution in [1.29, 1.82) is 10.5 Å². The number of nitrogens with one attached hydrogen (secondary N) is 1. The van der Waals surface area contributed by atoms with Gasteiger partial charge in [-0.2, -0.15) is 10.5 Å². The molecule has 0 aliphatic rings. The molecule has 0 spiro atoms. The van der Waals surface area contributed by atoms with Crippen LogP contribution in [-0.2, 0) is 11.2 Å². The number of nitrogens with zero attached hydrogens (tertiary/aromatic N) is 2. The molecule has 0 saturated heterocycles. The molecule has 0 atom stereocenters. The standard InChI is InChI=1S/C20H16BrN3O2/c1-2-14-3-6-17(7-4-14)24-20(25)16(13-23)11-15-5-8-19(18(21)12-15)26-10-9-22/h3-8,11-12H,2,10H2,1H3,(H,24,25)/b16-11+. The summed E-state index contributed by atoms with van der Waals surface area (Å²) in [4.78, 5) is 12.3. The summed E-state index contributed by atoms with van der Waals surface area (Å²) in [5, 5.41) is 20.6. The second-order valence-corrected chi connectivity index (χ2v) is 6.17. The van der Waals surface area contributed by atoms with Crippen LogP contribution in [0.4, 0.5) is 5.69 Å². The largest absolute Gasteiger partial charge is 0.478 e. The van der Waals surface area contributed by atoms with E-state index in [1.54, 1.807) is 18.2 Å². The van der Waals surface area contributed by atoms with E-state index < -0.39 is 5.91 Å². The van der Waals surface area contributed by atoms with Crippen LogP contribution < -0.4 is 10.1 Å². The Morgan fingerprint density at radius 2 is 1.96 bits per heavy atom. The number of anilines is 1. The van der Waals surface area contributed by atoms with Gasteiger partial charge in [-0.25, -0.2) is 0 Å². The lowest BCUT2D eigenvalue weighted by atomic mass is 10.1. The van der Waals surface area contributed by atoms with Crippen LogP contribution in [-0.4, -0.2) is 12.5 Å². The van der Waals surface area contributed by atoms with Crippen LogP contribution in [0.15, 0.2) is 52.5 Å². The average Bonchev–Trinajstić information content (AvgIpc) is 2.66. The molecule has 2 aromatic carbocycles. The maximum Gasteiger partial charge on any atom is 0.266 e. The minimum absolute atomic E-state index is 0.0119. The summed E-state index contributed by atoms with van der Waals surface area (Å²) in [5.74, 6) is 0.0420. The number of amides is 1. The third-order valence-electron chi connectivity index (χ3n) is 3.54. The Labute approximate surface area is 160 Å². The van der Waals surface area contributed by atoms with Crippen molar-refractivity contribution in [1.82, 2.24) is 0 Å². The monoisotopic (exact) mass is 409 g/mol. The highest BCUT2D eigenvalue weighted by Gasteiger charge is 2.10. The Balaban J connectivity index is 2.15. The van der Waals surface area contributed by atoms with Crippen LogP contribution in [0.1, 0.15) is 18.1 Å². The van der Waals surface area contributed by atoms with Crippen LogP contribution in [0.5, 0.6) is 5.75 Å². The number of nitriles is 2. The third-order valence-corrected chi connectivity index (χ3v) is 4.16. The Morgan fingerprint density at radius 3 is 2.54 bits per heavy atom. The summed E-state index contributed by atoms with van der Waals surface area (Å²) in [6, 6.07) is 16.4. The zero-order valence-corrected chi connectivity index (χ0v) is 15.7. The topological polar surface area (TPSA) is 85.9 Å². The lowest BCUT2D eigenvalue weighted by Gasteiger charge is -2.07. The van der Waals surface area contributed by atoms with Crippen LogP contribution in [0.2, 0.25) is 0 Å². The van der Waals surface area contributed by atoms with Crippen molar-refractivity contribution in [2.24, 2.45) is 0 Å². The fourth-order valence-corrected chi connectivity index (χ4v) is 2.68. The minimum atomic E-state index is -0.474. The summed E-state index contributed by atoms with van der Waals surface area (Å²) in [5.41, 5.74) is 2.45. The van der Waals surface area contributed by atoms with Gasteiger partial charge in [0.25, 0.3) is 5.91 Å². The predicted octanol–water partition coefficient (Wildman–Crippen LogP) is 4.46. The molecule has 0 aliphatic heterocycles. The van der Waals surface area contributed by atoms with Crippen LogP contribution in [0.3, 0.4) is 0 Å². The van der Waals surface area contributed by atoms with E-state index in [4.69, 9.17) is 10.00 Å². The van der Waals surface area contributed by atoms with Crippen LogP contribution in [0.25, 0.3) is 6.08 Å². The van der Waals surface area contributed by atoms with Gasteiger partial charge in [0.05, 0.1) is 4.47 Å². The van der Waals surface area contributed by atoms with Gasteiger partial charge in [-0.05, 0) is 63.8 Å². The molecule has 2 rings (SSSR count). The van der Waals surface area contributed by atoms with Gasteiger partial charge in [0.15, 0.2) is 6.61 Å². The van der Waals surface area contributed by atoms with Gasteiger partial charge in [0, 0.05) is 5.69 Å². The van der Waals surface area contributed by atoms with Gasteiger partial charge < -0.3 is 10.1 Å². The first kappa shape index (κ1) is 19.2. The first-order valence-electron chi connectivity index (χ1n) is 7.88. The zero-order valence-electron chi connectivity index (χ0n) is 14.1. The van der Waals surface area contributed by atoms with E-state index in [2.05, 4.69) is 28.2 Å². The maximum absolute atomic E-state index is 12.3. The molecular formula is C20H16BrN3O2. The summed E-state index contributed by atoms with van der Waals surface area (Å²) in [6.45, 7) is 2.00. The number of rotatable bonds is 6. The molecule has 0 fully saturated rings. The van der Waals surface area contributed by atoms with Gasteiger partial charge in [-0.1, -0.05) is 25.1 Å². The number of halogens is 1. The van der Waals surface area contributed by atoms with Crippen molar-refractivity contribution >= 4 is 33.6 Å². The molecule has 6 heteroatoms. The van der Waals surface area contributed by atoms with E-state index in [1.165, 1.54) is 11.6 Å². The van der Waals surface area contributed by atoms with Crippen molar-refractivity contribution in [3.05, 3.63) is 63.6 Å². The molecule has 0 unspecified atom stereocenters. The van der Waals surface area contributed by atoms with Crippen LogP contribution >= 0.6 is 15.9 Å². The highest BCUT2D eigenvalue weighted by atomic mass is 79.9. The lowest BCUT2D eigenvalue weighted by Crippen LogP contribution is -2.13. The molecule has 0 aromatic heterocycles. The fraction of sp³-hybridized carbons (Fsp3) is 0.150. The van der Waals surface area contributed by atoms with Crippen LogP contribution in [0, 0.1) is 22.7 Å². The molecule has 1 amide bonds. The lowest BCUT2D eigenvalue weighted by molar-refractivity contribution is -0.112. The van der Waals surface area contributed by atoms with Crippen molar-refractivity contribution in [2.75, 3.05) is 11.9 Å². The second-order valence-electron chi connectivity index (χ2n) is 5.31. The summed E-state index contributed by atoms with van der Waals surface area (Å²) in [7, 11) is 0. The van der Waals surface area contributed by atoms with Gasteiger partial charge in [-0.3, -0.25) is 4.79 Å². The van der Waals surface area contributed by atoms with Crippen molar-refractivity contribution in [3.63, 3.8) is 0 Å². The number of aryl methyl sites for hydroxylation is 1. The minimum Gasteiger partial charge on any atom is -0.478 e. The molecule has 0 bridgehead atoms. The van der Waals surface area contributed by atoms with E-state index in [-0.39, 0.29) is 12.2 Å². The maximum atomic E-state index is 12.3.